The number of amides is 1. The molecule has 0 bridgehead atoms. The van der Waals surface area contributed by atoms with Gasteiger partial charge in [-0.25, -0.2) is 4.79 Å². The summed E-state index contributed by atoms with van der Waals surface area (Å²) in [6.45, 7) is 16.8. The van der Waals surface area contributed by atoms with E-state index in [2.05, 4.69) is 12.2 Å². The number of carbonyl (C=O) groups excluding carboxylic acids is 1. The summed E-state index contributed by atoms with van der Waals surface area (Å²) in [6, 6.07) is 0. The average molecular weight is 694 g/mol. The highest BCUT2D eigenvalue weighted by atomic mass is 16.6. The van der Waals surface area contributed by atoms with Crippen molar-refractivity contribution in [2.45, 2.75) is 123 Å². The van der Waals surface area contributed by atoms with E-state index in [1.807, 2.05) is 20.8 Å². The van der Waals surface area contributed by atoms with Gasteiger partial charge < -0.3 is 47.9 Å². The van der Waals surface area contributed by atoms with Crippen molar-refractivity contribution in [3.8, 4) is 0 Å². The van der Waals surface area contributed by atoms with Crippen LogP contribution < -0.4 is 5.32 Å². The fourth-order valence-electron chi connectivity index (χ4n) is 4.58. The largest absolute Gasteiger partial charge is 0.444 e. The summed E-state index contributed by atoms with van der Waals surface area (Å²) in [5, 5.41) is 2.64. The van der Waals surface area contributed by atoms with Crippen LogP contribution in [0.2, 0.25) is 0 Å². The minimum atomic E-state index is -0.505. The Bertz CT molecular complexity index is 636. The van der Waals surface area contributed by atoms with Crippen molar-refractivity contribution < 1.29 is 47.4 Å². The van der Waals surface area contributed by atoms with E-state index in [9.17, 15) is 4.79 Å². The van der Waals surface area contributed by atoms with Crippen molar-refractivity contribution in [3.63, 3.8) is 0 Å². The highest BCUT2D eigenvalue weighted by Crippen LogP contribution is 2.13. The zero-order valence-corrected chi connectivity index (χ0v) is 31.5. The lowest BCUT2D eigenvalue weighted by atomic mass is 10.0. The Labute approximate surface area is 294 Å². The van der Waals surface area contributed by atoms with E-state index in [0.717, 1.165) is 13.0 Å². The van der Waals surface area contributed by atoms with E-state index in [1.54, 1.807) is 0 Å². The van der Waals surface area contributed by atoms with Crippen molar-refractivity contribution in [2.24, 2.45) is 0 Å². The zero-order chi connectivity index (χ0) is 35.1. The highest BCUT2D eigenvalue weighted by molar-refractivity contribution is 5.67. The molecule has 48 heavy (non-hydrogen) atoms. The first-order valence-corrected chi connectivity index (χ1v) is 19.0. The second-order valence-corrected chi connectivity index (χ2v) is 12.9. The van der Waals surface area contributed by atoms with Crippen LogP contribution in [0.5, 0.6) is 0 Å². The maximum Gasteiger partial charge on any atom is 0.407 e. The van der Waals surface area contributed by atoms with Crippen LogP contribution in [0.25, 0.3) is 0 Å². The fraction of sp³-hybridized carbons (Fsp3) is 0.973. The van der Waals surface area contributed by atoms with Gasteiger partial charge in [0.1, 0.15) is 5.60 Å². The molecule has 0 radical (unpaired) electrons. The maximum absolute atomic E-state index is 11.5. The standard InChI is InChI=1S/C37H75NO10/c1-5-6-7-8-9-10-11-12-13-14-15-16-17-18-20-40-22-24-42-26-28-44-30-32-46-34-35-47-33-31-45-29-27-43-25-23-41-21-19-38-36(39)48-37(2,3)4/h5-35H2,1-4H3,(H,38,39). The second-order valence-electron chi connectivity index (χ2n) is 12.9. The number of ether oxygens (including phenoxy) is 9. The summed E-state index contributed by atoms with van der Waals surface area (Å²) in [6.07, 6.45) is 18.8. The van der Waals surface area contributed by atoms with Gasteiger partial charge in [-0.2, -0.15) is 0 Å². The lowest BCUT2D eigenvalue weighted by Crippen LogP contribution is -2.34. The van der Waals surface area contributed by atoms with Gasteiger partial charge >= 0.3 is 6.09 Å². The molecule has 288 valence electrons. The van der Waals surface area contributed by atoms with E-state index >= 15 is 0 Å². The summed E-state index contributed by atoms with van der Waals surface area (Å²) < 4.78 is 49.2. The Hall–Kier alpha value is -1.05. The molecule has 11 nitrogen and oxygen atoms in total. The van der Waals surface area contributed by atoms with Gasteiger partial charge in [0.15, 0.2) is 0 Å². The molecule has 0 unspecified atom stereocenters. The Morgan fingerprint density at radius 1 is 0.396 bits per heavy atom. The first kappa shape index (κ1) is 47.0. The molecule has 0 fully saturated rings. The number of hydrogen-bond acceptors (Lipinski definition) is 10. The molecule has 0 aromatic carbocycles. The van der Waals surface area contributed by atoms with Gasteiger partial charge in [-0.15, -0.1) is 0 Å². The minimum Gasteiger partial charge on any atom is -0.444 e. The van der Waals surface area contributed by atoms with Crippen LogP contribution in [0.3, 0.4) is 0 Å². The van der Waals surface area contributed by atoms with E-state index in [4.69, 9.17) is 42.6 Å². The molecule has 1 amide bonds. The lowest BCUT2D eigenvalue weighted by Gasteiger charge is -2.19. The Morgan fingerprint density at radius 3 is 0.979 bits per heavy atom. The molecule has 0 aliphatic carbocycles. The van der Waals surface area contributed by atoms with Gasteiger partial charge in [-0.3, -0.25) is 0 Å². The van der Waals surface area contributed by atoms with Gasteiger partial charge in [0.2, 0.25) is 0 Å². The van der Waals surface area contributed by atoms with Crippen LogP contribution in [0.1, 0.15) is 118 Å². The Kier molecular flexibility index (Phi) is 37.9. The van der Waals surface area contributed by atoms with E-state index in [-0.39, 0.29) is 0 Å². The van der Waals surface area contributed by atoms with E-state index in [1.165, 1.54) is 83.5 Å². The van der Waals surface area contributed by atoms with Gasteiger partial charge in [-0.1, -0.05) is 90.4 Å². The molecule has 0 saturated heterocycles. The van der Waals surface area contributed by atoms with Crippen molar-refractivity contribution >= 4 is 6.09 Å². The molecule has 11 heteroatoms. The van der Waals surface area contributed by atoms with Crippen LogP contribution in [-0.2, 0) is 42.6 Å². The molecule has 0 aromatic heterocycles. The van der Waals surface area contributed by atoms with Gasteiger partial charge in [-0.05, 0) is 27.2 Å². The smallest absolute Gasteiger partial charge is 0.407 e. The molecular weight excluding hydrogens is 618 g/mol. The summed E-state index contributed by atoms with van der Waals surface area (Å²) in [5.74, 6) is 0. The Morgan fingerprint density at radius 2 is 0.667 bits per heavy atom. The van der Waals surface area contributed by atoms with E-state index in [0.29, 0.717) is 106 Å². The monoisotopic (exact) mass is 694 g/mol. The molecule has 0 saturated carbocycles. The summed E-state index contributed by atoms with van der Waals surface area (Å²) in [7, 11) is 0. The first-order chi connectivity index (χ1) is 23.5. The molecule has 0 aromatic rings. The van der Waals surface area contributed by atoms with Crippen LogP contribution >= 0.6 is 0 Å². The summed E-state index contributed by atoms with van der Waals surface area (Å²) in [5.41, 5.74) is -0.505. The lowest BCUT2D eigenvalue weighted by molar-refractivity contribution is -0.0231. The molecule has 0 heterocycles. The molecule has 0 rings (SSSR count). The van der Waals surface area contributed by atoms with Crippen molar-refractivity contribution in [1.29, 1.82) is 0 Å². The summed E-state index contributed by atoms with van der Waals surface area (Å²) in [4.78, 5) is 11.5. The van der Waals surface area contributed by atoms with E-state index < -0.39 is 11.7 Å². The van der Waals surface area contributed by atoms with Crippen LogP contribution in [-0.4, -0.2) is 124 Å². The third-order valence-corrected chi connectivity index (χ3v) is 7.16. The van der Waals surface area contributed by atoms with Crippen LogP contribution in [0, 0.1) is 0 Å². The molecule has 0 aliphatic heterocycles. The maximum atomic E-state index is 11.5. The zero-order valence-electron chi connectivity index (χ0n) is 31.5. The van der Waals surface area contributed by atoms with Crippen molar-refractivity contribution in [2.75, 3.05) is 112 Å². The number of carbonyl (C=O) groups is 1. The van der Waals surface area contributed by atoms with Gasteiger partial charge in [0, 0.05) is 13.2 Å². The topological polar surface area (TPSA) is 112 Å². The second kappa shape index (κ2) is 38.7. The summed E-state index contributed by atoms with van der Waals surface area (Å²) >= 11 is 0. The highest BCUT2D eigenvalue weighted by Gasteiger charge is 2.15. The predicted molar refractivity (Wildman–Crippen MR) is 191 cm³/mol. The minimum absolute atomic E-state index is 0.391. The normalized spacial score (nSPS) is 11.8. The quantitative estimate of drug-likeness (QED) is 0.0668. The Balaban J connectivity index is 3.09. The van der Waals surface area contributed by atoms with Crippen LogP contribution in [0.15, 0.2) is 0 Å². The number of nitrogens with one attached hydrogen (secondary N) is 1. The van der Waals surface area contributed by atoms with Gasteiger partial charge in [0.25, 0.3) is 0 Å². The van der Waals surface area contributed by atoms with Crippen molar-refractivity contribution in [1.82, 2.24) is 5.32 Å². The fourth-order valence-corrected chi connectivity index (χ4v) is 4.58. The van der Waals surface area contributed by atoms with Gasteiger partial charge in [0.05, 0.1) is 99.1 Å². The number of unbranched alkanes of at least 4 members (excludes halogenated alkanes) is 13. The predicted octanol–water partition coefficient (Wildman–Crippen LogP) is 7.13. The molecular formula is C37H75NO10. The first-order valence-electron chi connectivity index (χ1n) is 19.0. The van der Waals surface area contributed by atoms with Crippen LogP contribution in [0.4, 0.5) is 4.79 Å². The molecule has 1 N–H and O–H groups in total. The molecule has 0 aliphatic rings. The van der Waals surface area contributed by atoms with Crippen molar-refractivity contribution in [3.05, 3.63) is 0 Å². The molecule has 0 atom stereocenters. The average Bonchev–Trinajstić information content (AvgIpc) is 3.05. The number of hydrogen-bond donors (Lipinski definition) is 1. The number of alkyl carbamates (subject to hydrolysis) is 1. The third kappa shape index (κ3) is 43.0. The molecule has 0 spiro atoms. The number of rotatable bonds is 39. The third-order valence-electron chi connectivity index (χ3n) is 7.16. The SMILES string of the molecule is CCCCCCCCCCCCCCCCOCCOCCOCCOCCOCCOCCOCCOCCNC(=O)OC(C)(C)C.